The number of hydrogen-bond acceptors (Lipinski definition) is 6. The third-order valence-electron chi connectivity index (χ3n) is 7.67. The van der Waals surface area contributed by atoms with Crippen LogP contribution in [0.5, 0.6) is 5.75 Å². The first-order chi connectivity index (χ1) is 20.1. The van der Waals surface area contributed by atoms with Gasteiger partial charge in [-0.05, 0) is 66.4 Å². The van der Waals surface area contributed by atoms with E-state index in [0.29, 0.717) is 30.0 Å². The quantitative estimate of drug-likeness (QED) is 0.332. The van der Waals surface area contributed by atoms with Crippen LogP contribution in [0.1, 0.15) is 51.6 Å². The fourth-order valence-electron chi connectivity index (χ4n) is 5.26. The Morgan fingerprint density at radius 1 is 0.927 bits per heavy atom. The maximum absolute atomic E-state index is 13.5. The van der Waals surface area contributed by atoms with Crippen LogP contribution < -0.4 is 20.3 Å². The number of rotatable bonds is 11. The maximum Gasteiger partial charge on any atom is 0.255 e. The van der Waals surface area contributed by atoms with Crippen LogP contribution in [-0.4, -0.2) is 69.3 Å². The molecule has 5 rings (SSSR count). The van der Waals surface area contributed by atoms with Crippen LogP contribution >= 0.6 is 0 Å². The van der Waals surface area contributed by atoms with Crippen LogP contribution in [0.15, 0.2) is 66.7 Å². The zero-order valence-electron chi connectivity index (χ0n) is 23.9. The fraction of sp³-hybridized carbons (Fsp3) is 0.394. The minimum absolute atomic E-state index is 0.142. The van der Waals surface area contributed by atoms with Crippen LogP contribution in [0.3, 0.4) is 0 Å². The van der Waals surface area contributed by atoms with Gasteiger partial charge in [-0.15, -0.1) is 0 Å². The van der Waals surface area contributed by atoms with Crippen molar-refractivity contribution < 1.29 is 19.1 Å². The number of fused-ring (bicyclic) bond motifs is 1. The van der Waals surface area contributed by atoms with Gasteiger partial charge in [0.05, 0.1) is 25.4 Å². The number of nitrogens with zero attached hydrogens (tertiary/aromatic N) is 2. The summed E-state index contributed by atoms with van der Waals surface area (Å²) < 4.78 is 11.1. The number of hydrogen-bond donors (Lipinski definition) is 2. The standard InChI is InChI=1S/C33H40N4O4/c1-2-3-20-41-29-11-8-26(9-12-29)32(38)35-28-10-13-31(37-16-14-25-6-4-5-7-27(25)24-37)30(23-28)33(39)34-15-17-36-18-21-40-22-19-36/h4-13,23H,2-3,14-22,24H2,1H3,(H,34,39)(H,35,38). The highest BCUT2D eigenvalue weighted by atomic mass is 16.5. The normalized spacial score (nSPS) is 15.2. The molecule has 8 heteroatoms. The number of benzene rings is 3. The summed E-state index contributed by atoms with van der Waals surface area (Å²) in [6, 6.07) is 21.2. The van der Waals surface area contributed by atoms with Gasteiger partial charge in [-0.2, -0.15) is 0 Å². The molecule has 0 atom stereocenters. The Hall–Kier alpha value is -3.88. The number of morpholine rings is 1. The van der Waals surface area contributed by atoms with E-state index in [1.807, 2.05) is 24.3 Å². The van der Waals surface area contributed by atoms with Crippen molar-refractivity contribution in [3.05, 3.63) is 89.0 Å². The number of ether oxygens (including phenoxy) is 2. The topological polar surface area (TPSA) is 83.1 Å². The third kappa shape index (κ3) is 7.65. The molecule has 2 aliphatic heterocycles. The van der Waals surface area contributed by atoms with Gasteiger partial charge in [-0.25, -0.2) is 0 Å². The van der Waals surface area contributed by atoms with Gasteiger partial charge in [-0.3, -0.25) is 14.5 Å². The van der Waals surface area contributed by atoms with Gasteiger partial charge in [0, 0.05) is 56.2 Å². The molecule has 2 amide bonds. The smallest absolute Gasteiger partial charge is 0.255 e. The lowest BCUT2D eigenvalue weighted by Crippen LogP contribution is -2.41. The van der Waals surface area contributed by atoms with Gasteiger partial charge < -0.3 is 25.0 Å². The Labute approximate surface area is 242 Å². The second-order valence-electron chi connectivity index (χ2n) is 10.6. The fourth-order valence-corrected chi connectivity index (χ4v) is 5.26. The molecule has 3 aromatic rings. The molecule has 0 bridgehead atoms. The minimum Gasteiger partial charge on any atom is -0.494 e. The zero-order chi connectivity index (χ0) is 28.4. The second-order valence-corrected chi connectivity index (χ2v) is 10.6. The molecule has 0 spiro atoms. The summed E-state index contributed by atoms with van der Waals surface area (Å²) in [6.45, 7) is 8.87. The summed E-state index contributed by atoms with van der Waals surface area (Å²) in [5, 5.41) is 6.09. The second kappa shape index (κ2) is 14.1. The van der Waals surface area contributed by atoms with Crippen molar-refractivity contribution in [1.29, 1.82) is 0 Å². The molecule has 0 aromatic heterocycles. The minimum atomic E-state index is -0.233. The van der Waals surface area contributed by atoms with Crippen LogP contribution in [0.4, 0.5) is 11.4 Å². The first-order valence-corrected chi connectivity index (χ1v) is 14.7. The summed E-state index contributed by atoms with van der Waals surface area (Å²) in [5.41, 5.74) is 5.17. The van der Waals surface area contributed by atoms with Crippen LogP contribution in [0.2, 0.25) is 0 Å². The average Bonchev–Trinajstić information content (AvgIpc) is 3.01. The molecule has 2 N–H and O–H groups in total. The largest absolute Gasteiger partial charge is 0.494 e. The molecular weight excluding hydrogens is 516 g/mol. The maximum atomic E-state index is 13.5. The molecule has 0 aliphatic carbocycles. The molecule has 1 fully saturated rings. The van der Waals surface area contributed by atoms with Crippen LogP contribution in [0, 0.1) is 0 Å². The number of anilines is 2. The van der Waals surface area contributed by atoms with E-state index in [4.69, 9.17) is 9.47 Å². The molecule has 2 heterocycles. The Kier molecular flexibility index (Phi) is 9.88. The molecule has 0 unspecified atom stereocenters. The summed E-state index contributed by atoms with van der Waals surface area (Å²) in [4.78, 5) is 31.1. The van der Waals surface area contributed by atoms with Gasteiger partial charge >= 0.3 is 0 Å². The number of nitrogens with one attached hydrogen (secondary N) is 2. The lowest BCUT2D eigenvalue weighted by atomic mass is 9.98. The van der Waals surface area contributed by atoms with Crippen molar-refractivity contribution in [1.82, 2.24) is 10.2 Å². The lowest BCUT2D eigenvalue weighted by Gasteiger charge is -2.32. The van der Waals surface area contributed by atoms with E-state index in [0.717, 1.165) is 76.6 Å². The van der Waals surface area contributed by atoms with Gasteiger partial charge in [0.15, 0.2) is 0 Å². The van der Waals surface area contributed by atoms with Crippen molar-refractivity contribution in [2.45, 2.75) is 32.7 Å². The average molecular weight is 557 g/mol. The summed E-state index contributed by atoms with van der Waals surface area (Å²) in [7, 11) is 0. The van der Waals surface area contributed by atoms with E-state index in [9.17, 15) is 9.59 Å². The lowest BCUT2D eigenvalue weighted by molar-refractivity contribution is 0.0383. The van der Waals surface area contributed by atoms with E-state index in [1.54, 1.807) is 18.2 Å². The van der Waals surface area contributed by atoms with E-state index in [-0.39, 0.29) is 11.8 Å². The molecule has 0 saturated carbocycles. The van der Waals surface area contributed by atoms with Crippen LogP contribution in [0.25, 0.3) is 0 Å². The first-order valence-electron chi connectivity index (χ1n) is 14.7. The number of carbonyl (C=O) groups is 2. The van der Waals surface area contributed by atoms with E-state index >= 15 is 0 Å². The number of carbonyl (C=O) groups excluding carboxylic acids is 2. The van der Waals surface area contributed by atoms with Gasteiger partial charge in [-0.1, -0.05) is 37.6 Å². The Morgan fingerprint density at radius 3 is 2.49 bits per heavy atom. The van der Waals surface area contributed by atoms with Gasteiger partial charge in [0.2, 0.25) is 0 Å². The van der Waals surface area contributed by atoms with Crippen LogP contribution in [-0.2, 0) is 17.7 Å². The van der Waals surface area contributed by atoms with Crippen molar-refractivity contribution in [3.8, 4) is 5.75 Å². The summed E-state index contributed by atoms with van der Waals surface area (Å²) in [5.74, 6) is 0.374. The highest BCUT2D eigenvalue weighted by Crippen LogP contribution is 2.30. The zero-order valence-corrected chi connectivity index (χ0v) is 23.9. The third-order valence-corrected chi connectivity index (χ3v) is 7.67. The molecule has 8 nitrogen and oxygen atoms in total. The molecule has 216 valence electrons. The Bertz CT molecular complexity index is 1320. The molecule has 3 aromatic carbocycles. The highest BCUT2D eigenvalue weighted by Gasteiger charge is 2.22. The highest BCUT2D eigenvalue weighted by molar-refractivity contribution is 6.06. The first kappa shape index (κ1) is 28.6. The van der Waals surface area contributed by atoms with Crippen molar-refractivity contribution in [3.63, 3.8) is 0 Å². The number of amides is 2. The molecule has 0 radical (unpaired) electrons. The van der Waals surface area contributed by atoms with Gasteiger partial charge in [0.1, 0.15) is 5.75 Å². The molecule has 41 heavy (non-hydrogen) atoms. The molecule has 1 saturated heterocycles. The Balaban J connectivity index is 1.30. The predicted molar refractivity (Wildman–Crippen MR) is 162 cm³/mol. The van der Waals surface area contributed by atoms with Crippen molar-refractivity contribution in [2.75, 3.05) is 62.8 Å². The predicted octanol–water partition coefficient (Wildman–Crippen LogP) is 4.74. The summed E-state index contributed by atoms with van der Waals surface area (Å²) in [6.07, 6.45) is 2.98. The SMILES string of the molecule is CCCCOc1ccc(C(=O)Nc2ccc(N3CCc4ccccc4C3)c(C(=O)NCCN3CCOCC3)c2)cc1. The van der Waals surface area contributed by atoms with Crippen molar-refractivity contribution >= 4 is 23.2 Å². The number of unbranched alkanes of at least 4 members (excludes halogenated alkanes) is 1. The summed E-state index contributed by atoms with van der Waals surface area (Å²) >= 11 is 0. The monoisotopic (exact) mass is 556 g/mol. The van der Waals surface area contributed by atoms with E-state index in [2.05, 4.69) is 51.6 Å². The Morgan fingerprint density at radius 2 is 1.71 bits per heavy atom. The molecular formula is C33H40N4O4. The van der Waals surface area contributed by atoms with E-state index in [1.165, 1.54) is 11.1 Å². The van der Waals surface area contributed by atoms with Gasteiger partial charge in [0.25, 0.3) is 11.8 Å². The van der Waals surface area contributed by atoms with E-state index < -0.39 is 0 Å². The van der Waals surface area contributed by atoms with Crippen molar-refractivity contribution in [2.24, 2.45) is 0 Å². The molecule has 2 aliphatic rings.